The summed E-state index contributed by atoms with van der Waals surface area (Å²) in [4.78, 5) is 34.0. The van der Waals surface area contributed by atoms with Gasteiger partial charge in [-0.05, 0) is 19.3 Å². The van der Waals surface area contributed by atoms with Crippen molar-refractivity contribution in [3.63, 3.8) is 0 Å². The van der Waals surface area contributed by atoms with Crippen molar-refractivity contribution in [2.24, 2.45) is 0 Å². The van der Waals surface area contributed by atoms with Crippen molar-refractivity contribution in [1.82, 2.24) is 16.0 Å². The minimum absolute atomic E-state index is 0.0270. The second-order valence-corrected chi connectivity index (χ2v) is 5.31. The topological polar surface area (TPSA) is 87.3 Å². The maximum Gasteiger partial charge on any atom is 0.322 e. The maximum atomic E-state index is 11.8. The Bertz CT molecular complexity index is 362. The fourth-order valence-corrected chi connectivity index (χ4v) is 2.66. The Morgan fingerprint density at radius 3 is 2.42 bits per heavy atom. The van der Waals surface area contributed by atoms with Crippen molar-refractivity contribution in [2.45, 2.75) is 63.5 Å². The average Bonchev–Trinajstić information content (AvgIpc) is 2.56. The second-order valence-electron chi connectivity index (χ2n) is 5.31. The predicted molar refractivity (Wildman–Crippen MR) is 69.3 cm³/mol. The molecule has 4 amide bonds. The molecule has 1 aliphatic carbocycles. The zero-order valence-electron chi connectivity index (χ0n) is 11.0. The summed E-state index contributed by atoms with van der Waals surface area (Å²) < 4.78 is 0. The second kappa shape index (κ2) is 6.54. The van der Waals surface area contributed by atoms with E-state index in [1.807, 2.05) is 0 Å². The Balaban J connectivity index is 1.69. The van der Waals surface area contributed by atoms with Gasteiger partial charge in [-0.1, -0.05) is 25.7 Å². The molecule has 1 saturated carbocycles. The number of rotatable bonds is 4. The summed E-state index contributed by atoms with van der Waals surface area (Å²) in [5.41, 5.74) is 0. The number of carbonyl (C=O) groups excluding carboxylic acids is 3. The first kappa shape index (κ1) is 13.8. The zero-order valence-corrected chi connectivity index (χ0v) is 11.0. The van der Waals surface area contributed by atoms with Crippen molar-refractivity contribution >= 4 is 17.8 Å². The molecule has 106 valence electrons. The van der Waals surface area contributed by atoms with E-state index < -0.39 is 12.1 Å². The van der Waals surface area contributed by atoms with E-state index in [1.165, 1.54) is 25.7 Å². The summed E-state index contributed by atoms with van der Waals surface area (Å²) >= 11 is 0. The van der Waals surface area contributed by atoms with Crippen LogP contribution in [0.3, 0.4) is 0 Å². The first-order chi connectivity index (χ1) is 9.15. The molecule has 6 nitrogen and oxygen atoms in total. The summed E-state index contributed by atoms with van der Waals surface area (Å²) in [7, 11) is 0. The Kier molecular flexibility index (Phi) is 4.76. The molecule has 1 atom stereocenters. The van der Waals surface area contributed by atoms with Crippen LogP contribution < -0.4 is 16.0 Å². The van der Waals surface area contributed by atoms with Crippen LogP contribution in [0.15, 0.2) is 0 Å². The molecule has 6 heteroatoms. The molecular weight excluding hydrogens is 246 g/mol. The molecule has 1 heterocycles. The summed E-state index contributed by atoms with van der Waals surface area (Å²) in [6.45, 7) is 0. The van der Waals surface area contributed by atoms with Crippen LogP contribution in [0, 0.1) is 0 Å². The lowest BCUT2D eigenvalue weighted by molar-refractivity contribution is -0.122. The lowest BCUT2D eigenvalue weighted by Crippen LogP contribution is -2.36. The van der Waals surface area contributed by atoms with E-state index in [4.69, 9.17) is 0 Å². The van der Waals surface area contributed by atoms with E-state index in [0.717, 1.165) is 12.8 Å². The van der Waals surface area contributed by atoms with E-state index in [-0.39, 0.29) is 24.3 Å². The Morgan fingerprint density at radius 2 is 1.84 bits per heavy atom. The fourth-order valence-electron chi connectivity index (χ4n) is 2.66. The molecule has 3 N–H and O–H groups in total. The molecule has 0 aromatic carbocycles. The standard InChI is InChI=1S/C13H21N3O3/c17-11(14-9-5-3-1-2-4-6-9)8-7-10-12(18)16-13(19)15-10/h9-10H,1-8H2,(H,14,17)(H2,15,16,18,19)/t10-/m0/s1. The van der Waals surface area contributed by atoms with Gasteiger partial charge in [0.1, 0.15) is 6.04 Å². The summed E-state index contributed by atoms with van der Waals surface area (Å²) in [6.07, 6.45) is 7.57. The van der Waals surface area contributed by atoms with E-state index in [0.29, 0.717) is 6.42 Å². The highest BCUT2D eigenvalue weighted by Gasteiger charge is 2.29. The van der Waals surface area contributed by atoms with Gasteiger partial charge in [-0.3, -0.25) is 14.9 Å². The normalized spacial score (nSPS) is 24.5. The number of carbonyl (C=O) groups is 3. The van der Waals surface area contributed by atoms with Gasteiger partial charge in [0, 0.05) is 12.5 Å². The number of urea groups is 1. The van der Waals surface area contributed by atoms with Crippen LogP contribution in [0.4, 0.5) is 4.79 Å². The number of hydrogen-bond donors (Lipinski definition) is 3. The minimum atomic E-state index is -0.563. The molecule has 0 spiro atoms. The van der Waals surface area contributed by atoms with Gasteiger partial charge < -0.3 is 10.6 Å². The monoisotopic (exact) mass is 267 g/mol. The van der Waals surface area contributed by atoms with E-state index in [1.54, 1.807) is 0 Å². The van der Waals surface area contributed by atoms with Gasteiger partial charge in [0.2, 0.25) is 5.91 Å². The number of imide groups is 1. The van der Waals surface area contributed by atoms with Crippen molar-refractivity contribution in [1.29, 1.82) is 0 Å². The smallest absolute Gasteiger partial charge is 0.322 e. The van der Waals surface area contributed by atoms with E-state index in [9.17, 15) is 14.4 Å². The first-order valence-electron chi connectivity index (χ1n) is 7.06. The predicted octanol–water partition coefficient (Wildman–Crippen LogP) is 0.814. The Labute approximate surface area is 112 Å². The van der Waals surface area contributed by atoms with Crippen LogP contribution in [0.1, 0.15) is 51.4 Å². The minimum Gasteiger partial charge on any atom is -0.353 e. The van der Waals surface area contributed by atoms with Crippen LogP contribution in [-0.2, 0) is 9.59 Å². The summed E-state index contributed by atoms with van der Waals surface area (Å²) in [5.74, 6) is -0.367. The number of nitrogens with one attached hydrogen (secondary N) is 3. The Morgan fingerprint density at radius 1 is 1.16 bits per heavy atom. The third kappa shape index (κ3) is 4.22. The molecule has 0 aromatic rings. The fraction of sp³-hybridized carbons (Fsp3) is 0.769. The molecule has 2 aliphatic rings. The van der Waals surface area contributed by atoms with Crippen LogP contribution in [0.25, 0.3) is 0 Å². The Hall–Kier alpha value is -1.59. The molecule has 0 aromatic heterocycles. The highest BCUT2D eigenvalue weighted by molar-refractivity contribution is 6.04. The molecule has 1 saturated heterocycles. The highest BCUT2D eigenvalue weighted by Crippen LogP contribution is 2.17. The molecule has 0 radical (unpaired) electrons. The lowest BCUT2D eigenvalue weighted by Gasteiger charge is -2.16. The highest BCUT2D eigenvalue weighted by atomic mass is 16.2. The van der Waals surface area contributed by atoms with Crippen LogP contribution in [0.2, 0.25) is 0 Å². The first-order valence-corrected chi connectivity index (χ1v) is 7.06. The number of hydrogen-bond acceptors (Lipinski definition) is 3. The SMILES string of the molecule is O=C(CC[C@@H]1NC(=O)NC1=O)NC1CCCCCC1. The van der Waals surface area contributed by atoms with Gasteiger partial charge >= 0.3 is 6.03 Å². The van der Waals surface area contributed by atoms with Gasteiger partial charge in [-0.15, -0.1) is 0 Å². The van der Waals surface area contributed by atoms with Gasteiger partial charge in [-0.2, -0.15) is 0 Å². The summed E-state index contributed by atoms with van der Waals surface area (Å²) in [6, 6.07) is -0.756. The number of amides is 4. The zero-order chi connectivity index (χ0) is 13.7. The maximum absolute atomic E-state index is 11.8. The lowest BCUT2D eigenvalue weighted by atomic mass is 10.1. The van der Waals surface area contributed by atoms with Crippen molar-refractivity contribution < 1.29 is 14.4 Å². The average molecular weight is 267 g/mol. The quantitative estimate of drug-likeness (QED) is 0.520. The third-order valence-corrected chi connectivity index (χ3v) is 3.74. The van der Waals surface area contributed by atoms with Crippen LogP contribution in [-0.4, -0.2) is 29.9 Å². The van der Waals surface area contributed by atoms with Gasteiger partial charge in [0.15, 0.2) is 0 Å². The van der Waals surface area contributed by atoms with Gasteiger partial charge in [0.25, 0.3) is 5.91 Å². The molecule has 0 bridgehead atoms. The molecule has 2 rings (SSSR count). The molecular formula is C13H21N3O3. The van der Waals surface area contributed by atoms with Crippen LogP contribution >= 0.6 is 0 Å². The van der Waals surface area contributed by atoms with Crippen molar-refractivity contribution in [3.05, 3.63) is 0 Å². The molecule has 1 aliphatic heterocycles. The largest absolute Gasteiger partial charge is 0.353 e. The van der Waals surface area contributed by atoms with Crippen molar-refractivity contribution in [3.8, 4) is 0 Å². The van der Waals surface area contributed by atoms with E-state index in [2.05, 4.69) is 16.0 Å². The molecule has 0 unspecified atom stereocenters. The van der Waals surface area contributed by atoms with Gasteiger partial charge in [0.05, 0.1) is 0 Å². The van der Waals surface area contributed by atoms with E-state index >= 15 is 0 Å². The molecule has 19 heavy (non-hydrogen) atoms. The van der Waals surface area contributed by atoms with Crippen molar-refractivity contribution in [2.75, 3.05) is 0 Å². The third-order valence-electron chi connectivity index (χ3n) is 3.74. The molecule has 2 fully saturated rings. The van der Waals surface area contributed by atoms with Crippen LogP contribution in [0.5, 0.6) is 0 Å². The summed E-state index contributed by atoms with van der Waals surface area (Å²) in [5, 5.41) is 7.68. The van der Waals surface area contributed by atoms with Gasteiger partial charge in [-0.25, -0.2) is 4.79 Å².